The average molecular weight is 310 g/mol. The van der Waals surface area contributed by atoms with Crippen LogP contribution in [-0.2, 0) is 0 Å². The first kappa shape index (κ1) is 15.5. The molecule has 1 N–H and O–H groups in total. The van der Waals surface area contributed by atoms with E-state index in [0.29, 0.717) is 17.6 Å². The first-order valence-corrected chi connectivity index (χ1v) is 8.23. The molecule has 1 fully saturated rings. The van der Waals surface area contributed by atoms with E-state index in [-0.39, 0.29) is 5.91 Å². The smallest absolute Gasteiger partial charge is 0.274 e. The number of rotatable bonds is 4. The molecular weight excluding hydrogens is 288 g/mol. The minimum absolute atomic E-state index is 0.00434. The number of carbonyl (C=O) groups excluding carboxylic acids is 1. The number of nitrogens with one attached hydrogen (secondary N) is 1. The molecule has 5 nitrogen and oxygen atoms in total. The summed E-state index contributed by atoms with van der Waals surface area (Å²) in [4.78, 5) is 23.2. The minimum Gasteiger partial charge on any atom is -0.339 e. The molecule has 0 aliphatic carbocycles. The van der Waals surface area contributed by atoms with Crippen LogP contribution in [0.2, 0.25) is 0 Å². The van der Waals surface area contributed by atoms with Gasteiger partial charge in [-0.15, -0.1) is 0 Å². The molecule has 1 amide bonds. The van der Waals surface area contributed by atoms with Gasteiger partial charge in [-0.05, 0) is 37.8 Å². The maximum Gasteiger partial charge on any atom is 0.274 e. The third-order valence-electron chi connectivity index (χ3n) is 4.28. The predicted octanol–water partition coefficient (Wildman–Crippen LogP) is 3.62. The molecule has 1 aliphatic rings. The Bertz CT molecular complexity index is 642. The molecule has 0 radical (unpaired) electrons. The summed E-state index contributed by atoms with van der Waals surface area (Å²) in [6.45, 7) is 2.96. The third kappa shape index (κ3) is 3.67. The monoisotopic (exact) mass is 310 g/mol. The molecule has 1 atom stereocenters. The molecule has 2 heterocycles. The van der Waals surface area contributed by atoms with E-state index in [0.717, 1.165) is 31.5 Å². The van der Waals surface area contributed by atoms with Crippen molar-refractivity contribution in [2.45, 2.75) is 38.6 Å². The second-order valence-electron chi connectivity index (χ2n) is 5.83. The van der Waals surface area contributed by atoms with E-state index in [9.17, 15) is 4.79 Å². The molecule has 3 rings (SSSR count). The topological polar surface area (TPSA) is 58.1 Å². The lowest BCUT2D eigenvalue weighted by Crippen LogP contribution is -2.43. The summed E-state index contributed by atoms with van der Waals surface area (Å²) in [5.74, 6) is 0.633. The molecule has 23 heavy (non-hydrogen) atoms. The highest BCUT2D eigenvalue weighted by atomic mass is 16.2. The summed E-state index contributed by atoms with van der Waals surface area (Å²) in [5, 5.41) is 3.17. The number of para-hydroxylation sites is 1. The maximum atomic E-state index is 12.6. The van der Waals surface area contributed by atoms with E-state index in [1.54, 1.807) is 12.4 Å². The van der Waals surface area contributed by atoms with Crippen molar-refractivity contribution in [3.8, 4) is 0 Å². The Hall–Kier alpha value is -2.43. The summed E-state index contributed by atoms with van der Waals surface area (Å²) in [5.41, 5.74) is 1.37. The van der Waals surface area contributed by atoms with Gasteiger partial charge < -0.3 is 10.2 Å². The Balaban J connectivity index is 1.70. The fourth-order valence-corrected chi connectivity index (χ4v) is 3.01. The lowest BCUT2D eigenvalue weighted by atomic mass is 10.00. The van der Waals surface area contributed by atoms with E-state index < -0.39 is 0 Å². The van der Waals surface area contributed by atoms with Crippen LogP contribution >= 0.6 is 0 Å². The standard InChI is InChI=1S/C18H22N4O/c1-2-15-10-6-7-11-22(15)18(23)16-12-20-17(13-19-16)21-14-8-4-3-5-9-14/h3-5,8-9,12-13,15H,2,6-7,10-11H2,1H3,(H,20,21). The van der Waals surface area contributed by atoms with Crippen LogP contribution in [0.1, 0.15) is 43.1 Å². The van der Waals surface area contributed by atoms with Crippen LogP contribution in [0.4, 0.5) is 11.5 Å². The van der Waals surface area contributed by atoms with Crippen molar-refractivity contribution in [2.75, 3.05) is 11.9 Å². The van der Waals surface area contributed by atoms with E-state index >= 15 is 0 Å². The molecule has 1 aromatic heterocycles. The third-order valence-corrected chi connectivity index (χ3v) is 4.28. The number of hydrogen-bond acceptors (Lipinski definition) is 4. The zero-order chi connectivity index (χ0) is 16.1. The Labute approximate surface area is 136 Å². The second kappa shape index (κ2) is 7.22. The van der Waals surface area contributed by atoms with Crippen molar-refractivity contribution in [3.05, 3.63) is 48.4 Å². The number of likely N-dealkylation sites (tertiary alicyclic amines) is 1. The van der Waals surface area contributed by atoms with Crippen LogP contribution in [-0.4, -0.2) is 33.4 Å². The van der Waals surface area contributed by atoms with Crippen LogP contribution in [0.5, 0.6) is 0 Å². The summed E-state index contributed by atoms with van der Waals surface area (Å²) in [6, 6.07) is 10.1. The van der Waals surface area contributed by atoms with Crippen LogP contribution in [0.15, 0.2) is 42.7 Å². The highest BCUT2D eigenvalue weighted by molar-refractivity contribution is 5.92. The van der Waals surface area contributed by atoms with Crippen molar-refractivity contribution in [1.82, 2.24) is 14.9 Å². The highest BCUT2D eigenvalue weighted by Crippen LogP contribution is 2.21. The first-order chi connectivity index (χ1) is 11.3. The molecule has 1 aliphatic heterocycles. The van der Waals surface area contributed by atoms with Crippen LogP contribution < -0.4 is 5.32 Å². The molecule has 120 valence electrons. The van der Waals surface area contributed by atoms with E-state index in [1.807, 2.05) is 35.2 Å². The Morgan fingerprint density at radius 3 is 2.74 bits per heavy atom. The van der Waals surface area contributed by atoms with Crippen LogP contribution in [0.25, 0.3) is 0 Å². The summed E-state index contributed by atoms with van der Waals surface area (Å²) >= 11 is 0. The van der Waals surface area contributed by atoms with Gasteiger partial charge in [0.2, 0.25) is 0 Å². The molecule has 1 unspecified atom stereocenters. The van der Waals surface area contributed by atoms with Gasteiger partial charge in [0.1, 0.15) is 11.5 Å². The number of piperidine rings is 1. The number of carbonyl (C=O) groups is 1. The van der Waals surface area contributed by atoms with Crippen molar-refractivity contribution in [2.24, 2.45) is 0 Å². The molecule has 0 bridgehead atoms. The SMILES string of the molecule is CCC1CCCCN1C(=O)c1cnc(Nc2ccccc2)cn1. The normalized spacial score (nSPS) is 17.8. The quantitative estimate of drug-likeness (QED) is 0.937. The maximum absolute atomic E-state index is 12.6. The highest BCUT2D eigenvalue weighted by Gasteiger charge is 2.27. The summed E-state index contributed by atoms with van der Waals surface area (Å²) in [6.07, 6.45) is 7.54. The number of aromatic nitrogens is 2. The number of benzene rings is 1. The van der Waals surface area contributed by atoms with E-state index in [1.165, 1.54) is 6.42 Å². The molecule has 5 heteroatoms. The molecular formula is C18H22N4O. The van der Waals surface area contributed by atoms with Gasteiger partial charge in [-0.1, -0.05) is 25.1 Å². The number of amides is 1. The van der Waals surface area contributed by atoms with Gasteiger partial charge in [-0.25, -0.2) is 9.97 Å². The molecule has 1 aromatic carbocycles. The average Bonchev–Trinajstić information content (AvgIpc) is 2.62. The molecule has 2 aromatic rings. The number of hydrogen-bond donors (Lipinski definition) is 1. The zero-order valence-corrected chi connectivity index (χ0v) is 13.4. The van der Waals surface area contributed by atoms with Gasteiger partial charge in [0, 0.05) is 18.3 Å². The van der Waals surface area contributed by atoms with Gasteiger partial charge in [0.25, 0.3) is 5.91 Å². The largest absolute Gasteiger partial charge is 0.339 e. The minimum atomic E-state index is -0.00434. The Morgan fingerprint density at radius 2 is 2.04 bits per heavy atom. The van der Waals surface area contributed by atoms with E-state index in [4.69, 9.17) is 0 Å². The lowest BCUT2D eigenvalue weighted by Gasteiger charge is -2.34. The van der Waals surface area contributed by atoms with Gasteiger partial charge >= 0.3 is 0 Å². The van der Waals surface area contributed by atoms with Gasteiger partial charge in [-0.3, -0.25) is 4.79 Å². The van der Waals surface area contributed by atoms with Gasteiger partial charge in [-0.2, -0.15) is 0 Å². The summed E-state index contributed by atoms with van der Waals surface area (Å²) < 4.78 is 0. The number of nitrogens with zero attached hydrogens (tertiary/aromatic N) is 3. The van der Waals surface area contributed by atoms with Crippen molar-refractivity contribution in [3.63, 3.8) is 0 Å². The van der Waals surface area contributed by atoms with E-state index in [2.05, 4.69) is 22.2 Å². The predicted molar refractivity (Wildman–Crippen MR) is 90.7 cm³/mol. The molecule has 1 saturated heterocycles. The molecule has 0 spiro atoms. The van der Waals surface area contributed by atoms with Crippen LogP contribution in [0.3, 0.4) is 0 Å². The van der Waals surface area contributed by atoms with Crippen molar-refractivity contribution >= 4 is 17.4 Å². The van der Waals surface area contributed by atoms with Crippen LogP contribution in [0, 0.1) is 0 Å². The fourth-order valence-electron chi connectivity index (χ4n) is 3.01. The first-order valence-electron chi connectivity index (χ1n) is 8.23. The zero-order valence-electron chi connectivity index (χ0n) is 13.4. The van der Waals surface area contributed by atoms with Crippen molar-refractivity contribution < 1.29 is 4.79 Å². The van der Waals surface area contributed by atoms with Gasteiger partial charge in [0.15, 0.2) is 0 Å². The Morgan fingerprint density at radius 1 is 1.22 bits per heavy atom. The fraction of sp³-hybridized carbons (Fsp3) is 0.389. The molecule has 0 saturated carbocycles. The Kier molecular flexibility index (Phi) is 4.86. The second-order valence-corrected chi connectivity index (χ2v) is 5.83. The number of anilines is 2. The van der Waals surface area contributed by atoms with Gasteiger partial charge in [0.05, 0.1) is 12.4 Å². The lowest BCUT2D eigenvalue weighted by molar-refractivity contribution is 0.0601. The van der Waals surface area contributed by atoms with Crippen molar-refractivity contribution in [1.29, 1.82) is 0 Å². The summed E-state index contributed by atoms with van der Waals surface area (Å²) in [7, 11) is 0.